The molecule has 1 aliphatic carbocycles. The van der Waals surface area contributed by atoms with Crippen LogP contribution in [0.5, 0.6) is 5.75 Å². The van der Waals surface area contributed by atoms with Gasteiger partial charge in [-0.15, -0.1) is 0 Å². The summed E-state index contributed by atoms with van der Waals surface area (Å²) in [7, 11) is 0. The van der Waals surface area contributed by atoms with Crippen molar-refractivity contribution in [1.82, 2.24) is 0 Å². The van der Waals surface area contributed by atoms with Crippen molar-refractivity contribution in [3.05, 3.63) is 28.3 Å². The highest BCUT2D eigenvalue weighted by Gasteiger charge is 2.42. The van der Waals surface area contributed by atoms with Crippen molar-refractivity contribution in [1.29, 1.82) is 0 Å². The smallest absolute Gasteiger partial charge is 0.420 e. The normalized spacial score (nSPS) is 17.5. The lowest BCUT2D eigenvalue weighted by atomic mass is 9.72. The molecule has 0 saturated heterocycles. The molecule has 0 atom stereocenters. The van der Waals surface area contributed by atoms with Gasteiger partial charge in [-0.3, -0.25) is 0 Å². The lowest BCUT2D eigenvalue weighted by Crippen LogP contribution is -2.32. The summed E-state index contributed by atoms with van der Waals surface area (Å²) in [6, 6.07) is 2.01. The van der Waals surface area contributed by atoms with Crippen LogP contribution in [0.4, 0.5) is 13.2 Å². The first-order valence-corrected chi connectivity index (χ1v) is 5.87. The van der Waals surface area contributed by atoms with Gasteiger partial charge in [0.05, 0.1) is 16.1 Å². The maximum atomic E-state index is 12.8. The average molecular weight is 292 g/mol. The summed E-state index contributed by atoms with van der Waals surface area (Å²) >= 11 is 5.62. The van der Waals surface area contributed by atoms with E-state index in [2.05, 4.69) is 4.99 Å². The molecule has 1 aromatic carbocycles. The number of phenols is 1. The van der Waals surface area contributed by atoms with Crippen LogP contribution in [0.3, 0.4) is 0 Å². The van der Waals surface area contributed by atoms with Gasteiger partial charge in [-0.1, -0.05) is 11.6 Å². The Kier molecular flexibility index (Phi) is 3.32. The van der Waals surface area contributed by atoms with Crippen LogP contribution in [0, 0.1) is 0 Å². The molecule has 0 aromatic heterocycles. The van der Waals surface area contributed by atoms with E-state index in [4.69, 9.17) is 11.6 Å². The van der Waals surface area contributed by atoms with Gasteiger partial charge in [0.2, 0.25) is 6.08 Å². The predicted octanol–water partition coefficient (Wildman–Crippen LogP) is 3.78. The molecule has 0 heterocycles. The molecule has 1 aliphatic rings. The van der Waals surface area contributed by atoms with E-state index >= 15 is 0 Å². The Morgan fingerprint density at radius 2 is 2.00 bits per heavy atom. The summed E-state index contributed by atoms with van der Waals surface area (Å²) in [4.78, 5) is 14.0. The first-order valence-electron chi connectivity index (χ1n) is 5.49. The monoisotopic (exact) mass is 291 g/mol. The van der Waals surface area contributed by atoms with Crippen molar-refractivity contribution < 1.29 is 23.1 Å². The molecule has 0 unspecified atom stereocenters. The van der Waals surface area contributed by atoms with E-state index in [1.165, 1.54) is 12.1 Å². The Hall–Kier alpha value is -1.52. The molecule has 1 saturated carbocycles. The van der Waals surface area contributed by atoms with Crippen LogP contribution in [0.25, 0.3) is 0 Å². The zero-order valence-corrected chi connectivity index (χ0v) is 10.3. The fourth-order valence-electron chi connectivity index (χ4n) is 2.15. The second kappa shape index (κ2) is 4.54. The van der Waals surface area contributed by atoms with Crippen molar-refractivity contribution in [2.24, 2.45) is 4.99 Å². The quantitative estimate of drug-likeness (QED) is 0.666. The van der Waals surface area contributed by atoms with Crippen LogP contribution >= 0.6 is 11.6 Å². The summed E-state index contributed by atoms with van der Waals surface area (Å²) in [6.07, 6.45) is -1.66. The highest BCUT2D eigenvalue weighted by molar-refractivity contribution is 6.32. The van der Waals surface area contributed by atoms with Gasteiger partial charge in [-0.05, 0) is 37.0 Å². The summed E-state index contributed by atoms with van der Waals surface area (Å²) < 4.78 is 38.3. The average Bonchev–Trinajstić information content (AvgIpc) is 2.25. The molecular weight excluding hydrogens is 283 g/mol. The largest absolute Gasteiger partial charge is 0.506 e. The minimum absolute atomic E-state index is 0.178. The Balaban J connectivity index is 2.60. The second-order valence-electron chi connectivity index (χ2n) is 4.44. The third-order valence-corrected chi connectivity index (χ3v) is 3.63. The van der Waals surface area contributed by atoms with E-state index in [0.29, 0.717) is 12.8 Å². The summed E-state index contributed by atoms with van der Waals surface area (Å²) in [5.74, 6) is -1.01. The molecule has 102 valence electrons. The van der Waals surface area contributed by atoms with Gasteiger partial charge in [-0.25, -0.2) is 4.79 Å². The summed E-state index contributed by atoms with van der Waals surface area (Å²) in [5.41, 5.74) is -2.03. The Morgan fingerprint density at radius 3 is 2.42 bits per heavy atom. The van der Waals surface area contributed by atoms with Crippen LogP contribution in [-0.2, 0) is 16.5 Å². The lowest BCUT2D eigenvalue weighted by Gasteiger charge is -2.37. The molecular formula is C12H9ClF3NO2. The zero-order valence-electron chi connectivity index (χ0n) is 9.59. The minimum atomic E-state index is -4.72. The number of nitrogens with zero attached hydrogens (tertiary/aromatic N) is 1. The third kappa shape index (κ3) is 2.33. The molecule has 2 rings (SSSR count). The van der Waals surface area contributed by atoms with Crippen molar-refractivity contribution >= 4 is 17.7 Å². The number of hydrogen-bond donors (Lipinski definition) is 1. The topological polar surface area (TPSA) is 49.7 Å². The van der Waals surface area contributed by atoms with E-state index < -0.39 is 28.1 Å². The fraction of sp³-hybridized carbons (Fsp3) is 0.417. The zero-order chi connectivity index (χ0) is 14.3. The number of isocyanates is 1. The molecule has 1 aromatic rings. The highest BCUT2D eigenvalue weighted by Crippen LogP contribution is 2.49. The standard InChI is InChI=1S/C12H9ClF3NO2/c13-9-5-7(11(17-6-18)2-1-3-11)4-8(10(9)19)12(14,15)16/h4-5,19H,1-3H2. The number of rotatable bonds is 2. The molecule has 1 fully saturated rings. The van der Waals surface area contributed by atoms with Gasteiger partial charge in [0, 0.05) is 0 Å². The minimum Gasteiger partial charge on any atom is -0.506 e. The molecule has 0 amide bonds. The predicted molar refractivity (Wildman–Crippen MR) is 61.8 cm³/mol. The van der Waals surface area contributed by atoms with E-state index in [9.17, 15) is 23.1 Å². The molecule has 0 radical (unpaired) electrons. The molecule has 0 spiro atoms. The van der Waals surface area contributed by atoms with Gasteiger partial charge >= 0.3 is 6.18 Å². The summed E-state index contributed by atoms with van der Waals surface area (Å²) in [6.45, 7) is 0. The van der Waals surface area contributed by atoms with Gasteiger partial charge < -0.3 is 5.11 Å². The molecule has 0 aliphatic heterocycles. The van der Waals surface area contributed by atoms with Gasteiger partial charge in [0.25, 0.3) is 0 Å². The molecule has 1 N–H and O–H groups in total. The number of phenolic OH excluding ortho intramolecular Hbond substituents is 1. The number of benzene rings is 1. The van der Waals surface area contributed by atoms with Crippen LogP contribution in [0.1, 0.15) is 30.4 Å². The maximum absolute atomic E-state index is 12.8. The SMILES string of the molecule is O=C=NC1(c2cc(Cl)c(O)c(C(F)(F)F)c2)CCC1. The number of aromatic hydroxyl groups is 1. The Labute approximate surface area is 111 Å². The molecule has 19 heavy (non-hydrogen) atoms. The Bertz CT molecular complexity index is 561. The number of carbonyl (C=O) groups excluding carboxylic acids is 1. The molecule has 7 heteroatoms. The van der Waals surface area contributed by atoms with E-state index in [1.807, 2.05) is 0 Å². The van der Waals surface area contributed by atoms with Crippen molar-refractivity contribution in [3.8, 4) is 5.75 Å². The lowest BCUT2D eigenvalue weighted by molar-refractivity contribution is -0.138. The van der Waals surface area contributed by atoms with E-state index in [-0.39, 0.29) is 5.56 Å². The number of halogens is 4. The molecule has 3 nitrogen and oxygen atoms in total. The van der Waals surface area contributed by atoms with Crippen molar-refractivity contribution in [3.63, 3.8) is 0 Å². The maximum Gasteiger partial charge on any atom is 0.420 e. The van der Waals surface area contributed by atoms with Gasteiger partial charge in [-0.2, -0.15) is 18.2 Å². The fourth-order valence-corrected chi connectivity index (χ4v) is 2.37. The van der Waals surface area contributed by atoms with Crippen LogP contribution < -0.4 is 0 Å². The second-order valence-corrected chi connectivity index (χ2v) is 4.85. The number of alkyl halides is 3. The van der Waals surface area contributed by atoms with Crippen molar-refractivity contribution in [2.45, 2.75) is 31.0 Å². The number of hydrogen-bond acceptors (Lipinski definition) is 3. The summed E-state index contributed by atoms with van der Waals surface area (Å²) in [5, 5.41) is 8.98. The van der Waals surface area contributed by atoms with Crippen LogP contribution in [-0.4, -0.2) is 11.2 Å². The van der Waals surface area contributed by atoms with Crippen LogP contribution in [0.2, 0.25) is 5.02 Å². The van der Waals surface area contributed by atoms with E-state index in [1.54, 1.807) is 0 Å². The first kappa shape index (κ1) is 13.9. The van der Waals surface area contributed by atoms with Crippen LogP contribution in [0.15, 0.2) is 17.1 Å². The first-order chi connectivity index (χ1) is 8.80. The van der Waals surface area contributed by atoms with Gasteiger partial charge in [0.15, 0.2) is 0 Å². The van der Waals surface area contributed by atoms with Crippen molar-refractivity contribution in [2.75, 3.05) is 0 Å². The molecule has 0 bridgehead atoms. The van der Waals surface area contributed by atoms with E-state index in [0.717, 1.165) is 12.5 Å². The highest BCUT2D eigenvalue weighted by atomic mass is 35.5. The Morgan fingerprint density at radius 1 is 1.37 bits per heavy atom. The number of aliphatic imine (C=N–C) groups is 1. The third-order valence-electron chi connectivity index (χ3n) is 3.35. The van der Waals surface area contributed by atoms with Gasteiger partial charge in [0.1, 0.15) is 5.75 Å².